The second-order valence-electron chi connectivity index (χ2n) is 9.10. The van der Waals surface area contributed by atoms with Crippen molar-refractivity contribution < 1.29 is 14.3 Å². The molecule has 4 rings (SSSR count). The first-order chi connectivity index (χ1) is 16.0. The van der Waals surface area contributed by atoms with Crippen molar-refractivity contribution in [3.63, 3.8) is 0 Å². The molecule has 0 radical (unpaired) electrons. The van der Waals surface area contributed by atoms with Crippen molar-refractivity contribution in [3.8, 4) is 0 Å². The largest absolute Gasteiger partial charge is 0.379 e. The van der Waals surface area contributed by atoms with Crippen LogP contribution in [0.3, 0.4) is 0 Å². The normalized spacial score (nSPS) is 18.5. The monoisotopic (exact) mass is 450 g/mol. The summed E-state index contributed by atoms with van der Waals surface area (Å²) in [6.45, 7) is 9.83. The van der Waals surface area contributed by atoms with Crippen molar-refractivity contribution in [2.45, 2.75) is 26.4 Å². The third-order valence-electron chi connectivity index (χ3n) is 6.27. The Morgan fingerprint density at radius 1 is 1.06 bits per heavy atom. The second kappa shape index (κ2) is 10.8. The summed E-state index contributed by atoms with van der Waals surface area (Å²) < 4.78 is 5.35. The van der Waals surface area contributed by atoms with Gasteiger partial charge in [0.15, 0.2) is 0 Å². The van der Waals surface area contributed by atoms with E-state index in [1.165, 1.54) is 0 Å². The van der Waals surface area contributed by atoms with Gasteiger partial charge in [0.1, 0.15) is 6.17 Å². The number of carbonyl (C=O) groups excluding carboxylic acids is 2. The van der Waals surface area contributed by atoms with Crippen LogP contribution in [0.2, 0.25) is 0 Å². The summed E-state index contributed by atoms with van der Waals surface area (Å²) in [7, 11) is 0. The Morgan fingerprint density at radius 2 is 1.79 bits per heavy atom. The molecule has 1 unspecified atom stereocenters. The predicted molar refractivity (Wildman–Crippen MR) is 129 cm³/mol. The summed E-state index contributed by atoms with van der Waals surface area (Å²) >= 11 is 0. The fourth-order valence-corrected chi connectivity index (χ4v) is 4.28. The van der Waals surface area contributed by atoms with E-state index in [0.717, 1.165) is 56.1 Å². The molecule has 1 atom stereocenters. The van der Waals surface area contributed by atoms with Gasteiger partial charge in [0.25, 0.3) is 11.8 Å². The van der Waals surface area contributed by atoms with Gasteiger partial charge in [0.2, 0.25) is 0 Å². The van der Waals surface area contributed by atoms with Crippen molar-refractivity contribution in [2.75, 3.05) is 51.3 Å². The van der Waals surface area contributed by atoms with Crippen LogP contribution in [-0.2, 0) is 4.74 Å². The lowest BCUT2D eigenvalue weighted by atomic mass is 10.1. The Labute approximate surface area is 196 Å². The molecular formula is C26H34N4O3. The lowest BCUT2D eigenvalue weighted by Gasteiger charge is -2.28. The first-order valence-corrected chi connectivity index (χ1v) is 11.9. The van der Waals surface area contributed by atoms with Crippen LogP contribution in [-0.4, -0.2) is 67.6 Å². The smallest absolute Gasteiger partial charge is 0.256 e. The molecule has 0 aromatic heterocycles. The van der Waals surface area contributed by atoms with Crippen LogP contribution in [0.4, 0.5) is 5.69 Å². The van der Waals surface area contributed by atoms with Gasteiger partial charge in [-0.1, -0.05) is 32.0 Å². The number of nitrogens with zero attached hydrogens (tertiary/aromatic N) is 2. The van der Waals surface area contributed by atoms with Crippen molar-refractivity contribution in [1.82, 2.24) is 15.1 Å². The maximum absolute atomic E-state index is 13.0. The number of amides is 2. The van der Waals surface area contributed by atoms with Gasteiger partial charge in [-0.15, -0.1) is 0 Å². The van der Waals surface area contributed by atoms with Gasteiger partial charge in [0, 0.05) is 55.1 Å². The number of ether oxygens (including phenoxy) is 1. The summed E-state index contributed by atoms with van der Waals surface area (Å²) in [6.07, 6.45) is 0.738. The average molecular weight is 451 g/mol. The highest BCUT2D eigenvalue weighted by Crippen LogP contribution is 2.34. The van der Waals surface area contributed by atoms with Crippen molar-refractivity contribution >= 4 is 17.5 Å². The molecule has 176 valence electrons. The molecule has 1 saturated heterocycles. The van der Waals surface area contributed by atoms with E-state index in [-0.39, 0.29) is 18.0 Å². The molecule has 2 amide bonds. The third kappa shape index (κ3) is 5.72. The fourth-order valence-electron chi connectivity index (χ4n) is 4.28. The van der Waals surface area contributed by atoms with Gasteiger partial charge in [0.05, 0.1) is 13.2 Å². The predicted octanol–water partition coefficient (Wildman–Crippen LogP) is 3.36. The van der Waals surface area contributed by atoms with E-state index in [1.807, 2.05) is 53.4 Å². The zero-order chi connectivity index (χ0) is 23.2. The summed E-state index contributed by atoms with van der Waals surface area (Å²) in [5, 5.41) is 6.51. The molecule has 2 aliphatic heterocycles. The maximum Gasteiger partial charge on any atom is 0.256 e. The molecule has 7 heteroatoms. The van der Waals surface area contributed by atoms with Crippen LogP contribution in [0.15, 0.2) is 48.5 Å². The topological polar surface area (TPSA) is 73.9 Å². The Morgan fingerprint density at radius 3 is 2.52 bits per heavy atom. The standard InChI is InChI=1S/C26H34N4O3/c1-19(2)11-13-30-24(22-5-3-4-6-23(22)26(30)32)28-21-9-7-20(8-10-21)25(31)27-12-14-29-15-17-33-18-16-29/h3-10,19,24,28H,11-18H2,1-2H3,(H,27,31). The fraction of sp³-hybridized carbons (Fsp3) is 0.462. The van der Waals surface area contributed by atoms with Crippen LogP contribution in [0.1, 0.15) is 52.7 Å². The number of benzene rings is 2. The maximum atomic E-state index is 13.0. The summed E-state index contributed by atoms with van der Waals surface area (Å²) in [5.74, 6) is 0.512. The lowest BCUT2D eigenvalue weighted by Crippen LogP contribution is -2.41. The second-order valence-corrected chi connectivity index (χ2v) is 9.10. The van der Waals surface area contributed by atoms with Crippen LogP contribution in [0.5, 0.6) is 0 Å². The van der Waals surface area contributed by atoms with E-state index in [2.05, 4.69) is 29.4 Å². The average Bonchev–Trinajstić information content (AvgIpc) is 3.09. The van der Waals surface area contributed by atoms with Gasteiger partial charge >= 0.3 is 0 Å². The van der Waals surface area contributed by atoms with E-state index in [1.54, 1.807) is 0 Å². The minimum Gasteiger partial charge on any atom is -0.379 e. The quantitative estimate of drug-likeness (QED) is 0.613. The van der Waals surface area contributed by atoms with Crippen molar-refractivity contribution in [3.05, 3.63) is 65.2 Å². The van der Waals surface area contributed by atoms with E-state index in [0.29, 0.717) is 24.6 Å². The Hall–Kier alpha value is -2.90. The molecule has 7 nitrogen and oxygen atoms in total. The van der Waals surface area contributed by atoms with Gasteiger partial charge in [-0.3, -0.25) is 14.5 Å². The number of anilines is 1. The van der Waals surface area contributed by atoms with Crippen LogP contribution in [0.25, 0.3) is 0 Å². The van der Waals surface area contributed by atoms with Gasteiger partial charge in [-0.25, -0.2) is 0 Å². The lowest BCUT2D eigenvalue weighted by molar-refractivity contribution is 0.0383. The zero-order valence-corrected chi connectivity index (χ0v) is 19.5. The minimum absolute atomic E-state index is 0.0695. The summed E-state index contributed by atoms with van der Waals surface area (Å²) in [4.78, 5) is 29.7. The number of morpholine rings is 1. The van der Waals surface area contributed by atoms with E-state index >= 15 is 0 Å². The van der Waals surface area contributed by atoms with E-state index < -0.39 is 0 Å². The number of nitrogens with one attached hydrogen (secondary N) is 2. The third-order valence-corrected chi connectivity index (χ3v) is 6.27. The number of carbonyl (C=O) groups is 2. The molecule has 2 N–H and O–H groups in total. The highest BCUT2D eigenvalue weighted by Gasteiger charge is 2.36. The molecule has 2 aromatic rings. The van der Waals surface area contributed by atoms with Gasteiger partial charge in [-0.2, -0.15) is 0 Å². The number of rotatable bonds is 9. The number of hydrogen-bond donors (Lipinski definition) is 2. The summed E-state index contributed by atoms with van der Waals surface area (Å²) in [5.41, 5.74) is 3.26. The minimum atomic E-state index is -0.208. The molecular weight excluding hydrogens is 416 g/mol. The highest BCUT2D eigenvalue weighted by atomic mass is 16.5. The van der Waals surface area contributed by atoms with Crippen LogP contribution < -0.4 is 10.6 Å². The molecule has 33 heavy (non-hydrogen) atoms. The number of fused-ring (bicyclic) bond motifs is 1. The van der Waals surface area contributed by atoms with E-state index in [9.17, 15) is 9.59 Å². The van der Waals surface area contributed by atoms with E-state index in [4.69, 9.17) is 4.74 Å². The Kier molecular flexibility index (Phi) is 7.62. The SMILES string of the molecule is CC(C)CCN1C(=O)c2ccccc2C1Nc1ccc(C(=O)NCCN2CCOCC2)cc1. The molecule has 2 aliphatic rings. The molecule has 1 fully saturated rings. The van der Waals surface area contributed by atoms with Gasteiger partial charge in [-0.05, 0) is 42.7 Å². The summed E-state index contributed by atoms with van der Waals surface area (Å²) in [6, 6.07) is 15.2. The van der Waals surface area contributed by atoms with Crippen molar-refractivity contribution in [1.29, 1.82) is 0 Å². The number of hydrogen-bond acceptors (Lipinski definition) is 5. The first kappa shape index (κ1) is 23.3. The van der Waals surface area contributed by atoms with Crippen LogP contribution >= 0.6 is 0 Å². The van der Waals surface area contributed by atoms with Gasteiger partial charge < -0.3 is 20.3 Å². The molecule has 0 bridgehead atoms. The molecule has 0 spiro atoms. The molecule has 0 saturated carbocycles. The zero-order valence-electron chi connectivity index (χ0n) is 19.5. The molecule has 2 heterocycles. The van der Waals surface area contributed by atoms with Crippen molar-refractivity contribution in [2.24, 2.45) is 5.92 Å². The first-order valence-electron chi connectivity index (χ1n) is 11.9. The Bertz CT molecular complexity index is 954. The van der Waals surface area contributed by atoms with Crippen LogP contribution in [0, 0.1) is 5.92 Å². The Balaban J connectivity index is 1.37. The molecule has 0 aliphatic carbocycles. The molecule has 2 aromatic carbocycles. The highest BCUT2D eigenvalue weighted by molar-refractivity contribution is 5.99.